The number of nitrogens with zero attached hydrogens (tertiary/aromatic N) is 2. The number of rotatable bonds is 9. The molecular formula is C55H58F6N6O8. The Bertz CT molecular complexity index is 2890. The van der Waals surface area contributed by atoms with Crippen molar-refractivity contribution in [3.8, 4) is 11.5 Å². The second kappa shape index (κ2) is 22.6. The number of alkyl halides is 6. The van der Waals surface area contributed by atoms with Crippen molar-refractivity contribution < 1.29 is 64.8 Å². The van der Waals surface area contributed by atoms with Gasteiger partial charge in [-0.15, -0.1) is 0 Å². The van der Waals surface area contributed by atoms with E-state index in [-0.39, 0.29) is 61.1 Å². The topological polar surface area (TPSA) is 171 Å². The van der Waals surface area contributed by atoms with Crippen LogP contribution in [0.1, 0.15) is 71.9 Å². The number of methoxy groups -OCH3 is 1. The van der Waals surface area contributed by atoms with Gasteiger partial charge in [0, 0.05) is 72.8 Å². The zero-order chi connectivity index (χ0) is 53.0. The molecule has 6 aliphatic heterocycles. The summed E-state index contributed by atoms with van der Waals surface area (Å²) in [5, 5.41) is 20.9. The van der Waals surface area contributed by atoms with Crippen LogP contribution >= 0.6 is 0 Å². The minimum absolute atomic E-state index is 0.0607. The number of aliphatic hydroxyl groups is 1. The van der Waals surface area contributed by atoms with Crippen molar-refractivity contribution in [1.82, 2.24) is 9.80 Å². The summed E-state index contributed by atoms with van der Waals surface area (Å²) in [5.41, 5.74) is 4.83. The zero-order valence-electron chi connectivity index (χ0n) is 41.2. The van der Waals surface area contributed by atoms with Gasteiger partial charge in [0.1, 0.15) is 11.5 Å². The maximum Gasteiger partial charge on any atom is 0.416 e. The number of hydrogen-bond donors (Lipinski definition) is 5. The number of likely N-dealkylation sites (tertiary alicyclic amines) is 2. The molecule has 0 saturated carbocycles. The van der Waals surface area contributed by atoms with Gasteiger partial charge in [-0.2, -0.15) is 26.3 Å². The first-order chi connectivity index (χ1) is 35.9. The molecule has 5 N–H and O–H groups in total. The van der Waals surface area contributed by atoms with Crippen LogP contribution in [0.25, 0.3) is 11.1 Å². The summed E-state index contributed by atoms with van der Waals surface area (Å²) >= 11 is 0. The van der Waals surface area contributed by atoms with E-state index >= 15 is 0 Å². The van der Waals surface area contributed by atoms with Crippen LogP contribution < -0.4 is 30.7 Å². The number of nitrogens with one attached hydrogen (secondary N) is 4. The molecule has 75 heavy (non-hydrogen) atoms. The number of anilines is 4. The molecule has 0 bridgehead atoms. The Morgan fingerprint density at radius 1 is 0.680 bits per heavy atom. The lowest BCUT2D eigenvalue weighted by molar-refractivity contribution is -0.138. The molecule has 0 spiro atoms. The number of carbonyl (C=O) groups is 4. The summed E-state index contributed by atoms with van der Waals surface area (Å²) in [4.78, 5) is 55.6. The smallest absolute Gasteiger partial charge is 0.416 e. The highest BCUT2D eigenvalue weighted by molar-refractivity contribution is 6.06. The molecule has 10 rings (SSSR count). The van der Waals surface area contributed by atoms with Gasteiger partial charge in [0.25, 0.3) is 0 Å². The highest BCUT2D eigenvalue weighted by Gasteiger charge is 2.38. The number of fused-ring (bicyclic) bond motifs is 4. The summed E-state index contributed by atoms with van der Waals surface area (Å²) in [6, 6.07) is 16.9. The Hall–Kier alpha value is -6.74. The lowest BCUT2D eigenvalue weighted by Crippen LogP contribution is -2.47. The third-order valence-electron chi connectivity index (χ3n) is 14.5. The largest absolute Gasteiger partial charge is 0.493 e. The number of halogens is 6. The van der Waals surface area contributed by atoms with E-state index in [0.29, 0.717) is 103 Å². The maximum atomic E-state index is 13.1. The monoisotopic (exact) mass is 1040 g/mol. The van der Waals surface area contributed by atoms with Crippen LogP contribution in [0.3, 0.4) is 0 Å². The van der Waals surface area contributed by atoms with Crippen LogP contribution in [0, 0.1) is 11.8 Å². The van der Waals surface area contributed by atoms with Crippen molar-refractivity contribution in [2.75, 3.05) is 81.0 Å². The number of ether oxygens (including phenoxy) is 3. The molecule has 6 heterocycles. The van der Waals surface area contributed by atoms with Crippen LogP contribution in [-0.2, 0) is 49.1 Å². The molecule has 2 fully saturated rings. The molecule has 0 radical (unpaired) electrons. The van der Waals surface area contributed by atoms with Gasteiger partial charge < -0.3 is 40.6 Å². The Kier molecular flexibility index (Phi) is 16.0. The fourth-order valence-corrected chi connectivity index (χ4v) is 10.6. The summed E-state index contributed by atoms with van der Waals surface area (Å²) in [6.07, 6.45) is -1.03. The van der Waals surface area contributed by atoms with Crippen molar-refractivity contribution in [3.63, 3.8) is 0 Å². The van der Waals surface area contributed by atoms with E-state index in [0.717, 1.165) is 67.9 Å². The van der Waals surface area contributed by atoms with Gasteiger partial charge in [0.15, 0.2) is 0 Å². The number of carbonyl (C=O) groups excluding carboxylic acids is 4. The molecule has 4 aromatic rings. The van der Waals surface area contributed by atoms with Crippen molar-refractivity contribution in [1.29, 1.82) is 0 Å². The average molecular weight is 1050 g/mol. The third kappa shape index (κ3) is 12.7. The van der Waals surface area contributed by atoms with Crippen molar-refractivity contribution in [2.45, 2.75) is 75.8 Å². The predicted octanol–water partition coefficient (Wildman–Crippen LogP) is 8.81. The molecule has 0 aromatic heterocycles. The Morgan fingerprint density at radius 2 is 1.13 bits per heavy atom. The minimum atomic E-state index is -4.48. The fourth-order valence-electron chi connectivity index (χ4n) is 10.6. The summed E-state index contributed by atoms with van der Waals surface area (Å²) in [7, 11) is 1.69. The fraction of sp³-hybridized carbons (Fsp3) is 0.418. The molecule has 4 aromatic carbocycles. The van der Waals surface area contributed by atoms with Crippen molar-refractivity contribution in [3.05, 3.63) is 118 Å². The molecule has 398 valence electrons. The average Bonchev–Trinajstić information content (AvgIpc) is 3.95. The normalized spacial score (nSPS) is 22.9. The Labute approximate surface area is 429 Å². The van der Waals surface area contributed by atoms with E-state index < -0.39 is 35.3 Å². The van der Waals surface area contributed by atoms with E-state index in [2.05, 4.69) is 31.1 Å². The number of amides is 4. The van der Waals surface area contributed by atoms with Gasteiger partial charge in [0.05, 0.1) is 43.0 Å². The first-order valence-electron chi connectivity index (χ1n) is 25.1. The van der Waals surface area contributed by atoms with Crippen LogP contribution in [0.4, 0.5) is 49.1 Å². The first-order valence-corrected chi connectivity index (χ1v) is 25.1. The van der Waals surface area contributed by atoms with Gasteiger partial charge in [-0.25, -0.2) is 0 Å². The van der Waals surface area contributed by atoms with Crippen LogP contribution in [0.5, 0.6) is 11.5 Å². The van der Waals surface area contributed by atoms with Crippen LogP contribution in [0.15, 0.2) is 84.9 Å². The number of benzene rings is 4. The molecule has 2 unspecified atom stereocenters. The number of allylic oxidation sites excluding steroid dienone is 2. The second-order valence-electron chi connectivity index (χ2n) is 19.7. The molecule has 14 nitrogen and oxygen atoms in total. The third-order valence-corrected chi connectivity index (χ3v) is 14.5. The lowest BCUT2D eigenvalue weighted by atomic mass is 9.97. The van der Waals surface area contributed by atoms with Gasteiger partial charge in [-0.05, 0) is 147 Å². The molecule has 2 saturated heterocycles. The predicted molar refractivity (Wildman–Crippen MR) is 269 cm³/mol. The highest BCUT2D eigenvalue weighted by atomic mass is 19.4. The second-order valence-corrected chi connectivity index (χ2v) is 19.7. The van der Waals surface area contributed by atoms with E-state index in [1.807, 2.05) is 12.1 Å². The SMILES string of the molecule is COC[C@@H]1CCN(C2Cc3ccc(NC(=O)/C=C4\CCCOc5cc(C(F)(F)F)ccc54)cc3NC2=O)C1.O=C(/C=C1\CCCOc2cc(C(F)(F)F)ccc21)Nc1ccc2c(c1)NC(=O)C(N1CC[C@@H](CO)C1)C2. The van der Waals surface area contributed by atoms with E-state index in [1.165, 1.54) is 24.3 Å². The minimum Gasteiger partial charge on any atom is -0.493 e. The molecule has 4 amide bonds. The van der Waals surface area contributed by atoms with E-state index in [9.17, 15) is 50.6 Å². The van der Waals surface area contributed by atoms with Gasteiger partial charge in [-0.3, -0.25) is 29.0 Å². The van der Waals surface area contributed by atoms with Gasteiger partial charge >= 0.3 is 12.4 Å². The first kappa shape index (κ1) is 53.1. The number of aliphatic hydroxyl groups excluding tert-OH is 1. The molecule has 4 atom stereocenters. The lowest BCUT2D eigenvalue weighted by Gasteiger charge is -2.31. The highest BCUT2D eigenvalue weighted by Crippen LogP contribution is 2.40. The summed E-state index contributed by atoms with van der Waals surface area (Å²) in [5.74, 6) is -0.142. The molecule has 0 aliphatic carbocycles. The van der Waals surface area contributed by atoms with Crippen LogP contribution in [0.2, 0.25) is 0 Å². The molecule has 6 aliphatic rings. The Balaban J connectivity index is 0.000000184. The van der Waals surface area contributed by atoms with Crippen LogP contribution in [-0.4, -0.2) is 110 Å². The quantitative estimate of drug-likeness (QED) is 0.0807. The number of hydrogen-bond acceptors (Lipinski definition) is 10. The standard InChI is InChI=1S/C28H30F3N3O4.C27H28F3N3O4/c1-37-16-17-8-9-34(15-17)24-11-19-4-6-21(14-23(19)33-27(24)36)32-26(35)12-18-3-2-10-38-25-13-20(28(29,30)31)5-7-22(18)25;28-27(29,30)19-4-6-21-17(2-1-9-37-24(21)12-19)11-25(35)31-20-5-3-18-10-23(26(36)32-22(18)13-20)33-8-7-16(14-33)15-34/h4-7,12-14,17,24H,2-3,8-11,15-16H2,1H3,(H,32,35)(H,33,36);3-6,11-13,16,23,34H,1-2,7-10,14-15H2,(H,31,35)(H,32,36)/b18-12+;17-11+/t17-,24?;16-,23?/m11/s1. The molecule has 20 heteroatoms. The molecular weight excluding hydrogens is 987 g/mol. The van der Waals surface area contributed by atoms with E-state index in [1.54, 1.807) is 31.4 Å². The van der Waals surface area contributed by atoms with Crippen molar-refractivity contribution in [2.24, 2.45) is 11.8 Å². The zero-order valence-corrected chi connectivity index (χ0v) is 41.2. The van der Waals surface area contributed by atoms with E-state index in [4.69, 9.17) is 14.2 Å². The summed E-state index contributed by atoms with van der Waals surface area (Å²) in [6.45, 7) is 4.49. The maximum absolute atomic E-state index is 13.1. The Morgan fingerprint density at radius 3 is 1.56 bits per heavy atom. The summed E-state index contributed by atoms with van der Waals surface area (Å²) < 4.78 is 95.0. The van der Waals surface area contributed by atoms with Crippen molar-refractivity contribution >= 4 is 57.5 Å². The van der Waals surface area contributed by atoms with Gasteiger partial charge in [-0.1, -0.05) is 24.3 Å². The van der Waals surface area contributed by atoms with Gasteiger partial charge in [0.2, 0.25) is 23.6 Å².